The minimum atomic E-state index is 0.184. The second-order valence-electron chi connectivity index (χ2n) is 3.80. The van der Waals surface area contributed by atoms with Crippen molar-refractivity contribution in [3.63, 3.8) is 0 Å². The van der Waals surface area contributed by atoms with Gasteiger partial charge in [0.05, 0.1) is 6.61 Å². The molecule has 90 valence electrons. The number of ether oxygens (including phenoxy) is 1. The van der Waals surface area contributed by atoms with Crippen LogP contribution in [0.3, 0.4) is 0 Å². The summed E-state index contributed by atoms with van der Waals surface area (Å²) in [6.45, 7) is 7.20. The van der Waals surface area contributed by atoms with Crippen LogP contribution in [-0.4, -0.2) is 29.2 Å². The van der Waals surface area contributed by atoms with Gasteiger partial charge in [-0.2, -0.15) is 4.98 Å². The van der Waals surface area contributed by atoms with Crippen LogP contribution in [0.1, 0.15) is 26.0 Å². The van der Waals surface area contributed by atoms with Crippen molar-refractivity contribution < 1.29 is 4.74 Å². The lowest BCUT2D eigenvalue weighted by atomic mass is 10.2. The molecule has 0 bridgehead atoms. The van der Waals surface area contributed by atoms with Gasteiger partial charge in [-0.25, -0.2) is 4.98 Å². The van der Waals surface area contributed by atoms with Crippen molar-refractivity contribution in [1.82, 2.24) is 9.97 Å². The first-order chi connectivity index (χ1) is 7.61. The molecule has 5 heteroatoms. The molecule has 16 heavy (non-hydrogen) atoms. The minimum Gasteiger partial charge on any atom is -0.478 e. The van der Waals surface area contributed by atoms with Crippen molar-refractivity contribution in [2.45, 2.75) is 33.2 Å². The Balaban J connectivity index is 2.58. The van der Waals surface area contributed by atoms with Gasteiger partial charge in [0.1, 0.15) is 0 Å². The van der Waals surface area contributed by atoms with Crippen LogP contribution in [0, 0.1) is 6.92 Å². The van der Waals surface area contributed by atoms with Crippen molar-refractivity contribution in [2.75, 3.05) is 18.5 Å². The maximum Gasteiger partial charge on any atom is 0.226 e. The summed E-state index contributed by atoms with van der Waals surface area (Å²) in [6, 6.07) is 2.00. The standard InChI is InChI=1S/C11H20N4O/c1-4-16-10-7-9(3)14-11(15-10)13-6-5-8(2)12/h7-8H,4-6,12H2,1-3H3,(H,13,14,15). The van der Waals surface area contributed by atoms with Crippen molar-refractivity contribution in [3.8, 4) is 5.88 Å². The molecular weight excluding hydrogens is 204 g/mol. The van der Waals surface area contributed by atoms with Crippen molar-refractivity contribution >= 4 is 5.95 Å². The molecule has 1 aromatic rings. The van der Waals surface area contributed by atoms with Gasteiger partial charge in [-0.15, -0.1) is 0 Å². The highest BCUT2D eigenvalue weighted by Crippen LogP contribution is 2.11. The maximum atomic E-state index is 5.66. The Morgan fingerprint density at radius 2 is 2.25 bits per heavy atom. The van der Waals surface area contributed by atoms with Crippen LogP contribution in [0.4, 0.5) is 5.95 Å². The highest BCUT2D eigenvalue weighted by molar-refractivity contribution is 5.30. The number of hydrogen-bond acceptors (Lipinski definition) is 5. The Morgan fingerprint density at radius 3 is 2.88 bits per heavy atom. The molecule has 0 spiro atoms. The van der Waals surface area contributed by atoms with E-state index in [2.05, 4.69) is 15.3 Å². The molecule has 0 aliphatic rings. The molecule has 0 saturated carbocycles. The number of nitrogens with one attached hydrogen (secondary N) is 1. The summed E-state index contributed by atoms with van der Waals surface area (Å²) in [6.07, 6.45) is 0.890. The number of rotatable bonds is 6. The third kappa shape index (κ3) is 4.44. The predicted molar refractivity (Wildman–Crippen MR) is 64.7 cm³/mol. The molecule has 0 fully saturated rings. The molecule has 1 aromatic heterocycles. The van der Waals surface area contributed by atoms with Crippen LogP contribution < -0.4 is 15.8 Å². The van der Waals surface area contributed by atoms with Crippen molar-refractivity contribution in [1.29, 1.82) is 0 Å². The Kier molecular flexibility index (Phi) is 4.98. The number of hydrogen-bond donors (Lipinski definition) is 2. The Morgan fingerprint density at radius 1 is 1.50 bits per heavy atom. The minimum absolute atomic E-state index is 0.184. The summed E-state index contributed by atoms with van der Waals surface area (Å²) in [5.41, 5.74) is 6.55. The molecule has 0 amide bonds. The summed E-state index contributed by atoms with van der Waals surface area (Å²) < 4.78 is 5.34. The maximum absolute atomic E-state index is 5.66. The van der Waals surface area contributed by atoms with E-state index in [0.29, 0.717) is 18.4 Å². The lowest BCUT2D eigenvalue weighted by molar-refractivity contribution is 0.326. The van der Waals surface area contributed by atoms with E-state index < -0.39 is 0 Å². The van der Waals surface area contributed by atoms with Gasteiger partial charge in [-0.05, 0) is 27.2 Å². The summed E-state index contributed by atoms with van der Waals surface area (Å²) in [5.74, 6) is 1.21. The van der Waals surface area contributed by atoms with E-state index in [9.17, 15) is 0 Å². The van der Waals surface area contributed by atoms with Gasteiger partial charge < -0.3 is 15.8 Å². The smallest absolute Gasteiger partial charge is 0.226 e. The number of nitrogens with two attached hydrogens (primary N) is 1. The van der Waals surface area contributed by atoms with Gasteiger partial charge in [0.25, 0.3) is 0 Å². The summed E-state index contributed by atoms with van der Waals surface area (Å²) >= 11 is 0. The fraction of sp³-hybridized carbons (Fsp3) is 0.636. The number of aryl methyl sites for hydroxylation is 1. The SMILES string of the molecule is CCOc1cc(C)nc(NCCC(C)N)n1. The summed E-state index contributed by atoms with van der Waals surface area (Å²) in [7, 11) is 0. The van der Waals surface area contributed by atoms with E-state index in [0.717, 1.165) is 18.7 Å². The molecule has 0 aliphatic heterocycles. The fourth-order valence-electron chi connectivity index (χ4n) is 1.25. The van der Waals surface area contributed by atoms with Crippen LogP contribution in [0.25, 0.3) is 0 Å². The van der Waals surface area contributed by atoms with E-state index >= 15 is 0 Å². The normalized spacial score (nSPS) is 12.2. The first-order valence-electron chi connectivity index (χ1n) is 5.59. The van der Waals surface area contributed by atoms with Crippen molar-refractivity contribution in [2.24, 2.45) is 5.73 Å². The predicted octanol–water partition coefficient (Wildman–Crippen LogP) is 1.33. The Bertz CT molecular complexity index is 328. The molecule has 1 rings (SSSR count). The average molecular weight is 224 g/mol. The first-order valence-corrected chi connectivity index (χ1v) is 5.59. The van der Waals surface area contributed by atoms with Gasteiger partial charge in [0, 0.05) is 24.3 Å². The number of anilines is 1. The van der Waals surface area contributed by atoms with Gasteiger partial charge in [0.15, 0.2) is 0 Å². The van der Waals surface area contributed by atoms with Gasteiger partial charge in [0.2, 0.25) is 11.8 Å². The zero-order valence-corrected chi connectivity index (χ0v) is 10.2. The zero-order chi connectivity index (χ0) is 12.0. The molecular formula is C11H20N4O. The Hall–Kier alpha value is -1.36. The van der Waals surface area contributed by atoms with Crippen LogP contribution in [0.2, 0.25) is 0 Å². The fourth-order valence-corrected chi connectivity index (χ4v) is 1.25. The monoisotopic (exact) mass is 224 g/mol. The van der Waals surface area contributed by atoms with Crippen LogP contribution in [-0.2, 0) is 0 Å². The first kappa shape index (κ1) is 12.7. The van der Waals surface area contributed by atoms with E-state index in [1.807, 2.05) is 26.8 Å². The molecule has 0 aromatic carbocycles. The number of aromatic nitrogens is 2. The second-order valence-corrected chi connectivity index (χ2v) is 3.80. The third-order valence-electron chi connectivity index (χ3n) is 2.01. The molecule has 1 unspecified atom stereocenters. The second kappa shape index (κ2) is 6.27. The highest BCUT2D eigenvalue weighted by atomic mass is 16.5. The van der Waals surface area contributed by atoms with Gasteiger partial charge >= 0.3 is 0 Å². The van der Waals surface area contributed by atoms with Crippen molar-refractivity contribution in [3.05, 3.63) is 11.8 Å². The molecule has 5 nitrogen and oxygen atoms in total. The molecule has 0 aliphatic carbocycles. The molecule has 1 heterocycles. The topological polar surface area (TPSA) is 73.1 Å². The zero-order valence-electron chi connectivity index (χ0n) is 10.2. The van der Waals surface area contributed by atoms with Gasteiger partial charge in [-0.1, -0.05) is 0 Å². The van der Waals surface area contributed by atoms with Gasteiger partial charge in [-0.3, -0.25) is 0 Å². The summed E-state index contributed by atoms with van der Waals surface area (Å²) in [5, 5.41) is 3.13. The average Bonchev–Trinajstić information content (AvgIpc) is 2.16. The quantitative estimate of drug-likeness (QED) is 0.762. The Labute approximate surface area is 96.4 Å². The van der Waals surface area contributed by atoms with Crippen LogP contribution >= 0.6 is 0 Å². The molecule has 0 saturated heterocycles. The van der Waals surface area contributed by atoms with E-state index in [-0.39, 0.29) is 6.04 Å². The lowest BCUT2D eigenvalue weighted by Crippen LogP contribution is -2.19. The van der Waals surface area contributed by atoms with E-state index in [1.165, 1.54) is 0 Å². The molecule has 0 radical (unpaired) electrons. The largest absolute Gasteiger partial charge is 0.478 e. The van der Waals surface area contributed by atoms with Crippen LogP contribution in [0.5, 0.6) is 5.88 Å². The highest BCUT2D eigenvalue weighted by Gasteiger charge is 2.02. The van der Waals surface area contributed by atoms with E-state index in [4.69, 9.17) is 10.5 Å². The summed E-state index contributed by atoms with van der Waals surface area (Å²) in [4.78, 5) is 8.50. The third-order valence-corrected chi connectivity index (χ3v) is 2.01. The lowest BCUT2D eigenvalue weighted by Gasteiger charge is -2.09. The molecule has 3 N–H and O–H groups in total. The number of nitrogens with zero attached hydrogens (tertiary/aromatic N) is 2. The molecule has 1 atom stereocenters. The van der Waals surface area contributed by atoms with Crippen LogP contribution in [0.15, 0.2) is 6.07 Å². The van der Waals surface area contributed by atoms with E-state index in [1.54, 1.807) is 0 Å².